The fraction of sp³-hybridized carbons (Fsp3) is 0.462. The highest BCUT2D eigenvalue weighted by Gasteiger charge is 2.33. The molecule has 1 aromatic rings. The molecule has 6 nitrogen and oxygen atoms in total. The Morgan fingerprint density at radius 1 is 1.30 bits per heavy atom. The number of carboxylic acids is 1. The van der Waals surface area contributed by atoms with E-state index in [0.717, 1.165) is 0 Å². The lowest BCUT2D eigenvalue weighted by atomic mass is 10.2. The SMILES string of the molecule is CC(O)[N+](C)(CSc1cccc(C(=O)O)c1O)C(C)O. The highest BCUT2D eigenvalue weighted by molar-refractivity contribution is 7.99. The van der Waals surface area contributed by atoms with Crippen molar-refractivity contribution in [1.82, 2.24) is 0 Å². The van der Waals surface area contributed by atoms with Gasteiger partial charge in [0.15, 0.2) is 12.5 Å². The first-order valence-electron chi connectivity index (χ1n) is 6.09. The molecule has 7 heteroatoms. The summed E-state index contributed by atoms with van der Waals surface area (Å²) in [5.74, 6) is -1.22. The van der Waals surface area contributed by atoms with Crippen LogP contribution in [0.1, 0.15) is 24.2 Å². The molecule has 0 aliphatic rings. The molecule has 0 radical (unpaired) electrons. The number of aromatic hydroxyl groups is 1. The summed E-state index contributed by atoms with van der Waals surface area (Å²) in [5.41, 5.74) is -0.168. The minimum Gasteiger partial charge on any atom is -0.506 e. The van der Waals surface area contributed by atoms with Crippen LogP contribution in [0.4, 0.5) is 0 Å². The smallest absolute Gasteiger partial charge is 0.339 e. The van der Waals surface area contributed by atoms with Gasteiger partial charge >= 0.3 is 5.97 Å². The van der Waals surface area contributed by atoms with Crippen molar-refractivity contribution < 1.29 is 29.7 Å². The van der Waals surface area contributed by atoms with Gasteiger partial charge in [0.2, 0.25) is 0 Å². The zero-order valence-electron chi connectivity index (χ0n) is 11.6. The lowest BCUT2D eigenvalue weighted by Crippen LogP contribution is -2.56. The van der Waals surface area contributed by atoms with Crippen molar-refractivity contribution in [1.29, 1.82) is 0 Å². The predicted octanol–water partition coefficient (Wildman–Crippen LogP) is 1.26. The molecule has 0 bridgehead atoms. The molecule has 2 unspecified atom stereocenters. The van der Waals surface area contributed by atoms with E-state index in [-0.39, 0.29) is 21.7 Å². The van der Waals surface area contributed by atoms with Gasteiger partial charge in [-0.25, -0.2) is 4.79 Å². The number of phenols is 1. The van der Waals surface area contributed by atoms with Crippen LogP contribution in [0.25, 0.3) is 0 Å². The van der Waals surface area contributed by atoms with Gasteiger partial charge in [-0.2, -0.15) is 0 Å². The molecule has 2 atom stereocenters. The number of aromatic carboxylic acids is 1. The number of quaternary nitrogens is 1. The van der Waals surface area contributed by atoms with Gasteiger partial charge in [0.1, 0.15) is 17.2 Å². The fourth-order valence-electron chi connectivity index (χ4n) is 1.55. The summed E-state index contributed by atoms with van der Waals surface area (Å²) in [6.45, 7) is 3.14. The van der Waals surface area contributed by atoms with Crippen LogP contribution < -0.4 is 0 Å². The zero-order valence-corrected chi connectivity index (χ0v) is 12.5. The van der Waals surface area contributed by atoms with Crippen LogP contribution in [0.5, 0.6) is 5.75 Å². The van der Waals surface area contributed by atoms with Gasteiger partial charge in [0, 0.05) is 13.8 Å². The Labute approximate surface area is 121 Å². The maximum absolute atomic E-state index is 10.9. The maximum Gasteiger partial charge on any atom is 0.339 e. The number of rotatable bonds is 6. The summed E-state index contributed by atoms with van der Waals surface area (Å²) in [6, 6.07) is 4.46. The van der Waals surface area contributed by atoms with Crippen LogP contribution in [0.2, 0.25) is 0 Å². The number of hydrogen-bond donors (Lipinski definition) is 4. The Bertz CT molecular complexity index is 482. The molecule has 0 saturated carbocycles. The number of hydrogen-bond acceptors (Lipinski definition) is 5. The standard InChI is InChI=1S/C13H19NO5S/c1-8(15)14(3,9(2)16)7-20-11-6-4-5-10(12(11)17)13(18)19/h4-6,8-9,15-16H,7H2,1-3H3,(H-,17,18,19)/p+1. The van der Waals surface area contributed by atoms with E-state index in [1.54, 1.807) is 33.0 Å². The fourth-order valence-corrected chi connectivity index (χ4v) is 2.82. The lowest BCUT2D eigenvalue weighted by molar-refractivity contribution is -0.980. The minimum atomic E-state index is -1.20. The monoisotopic (exact) mass is 302 g/mol. The van der Waals surface area contributed by atoms with Gasteiger partial charge in [-0.1, -0.05) is 17.8 Å². The number of aliphatic hydroxyl groups excluding tert-OH is 2. The van der Waals surface area contributed by atoms with Crippen molar-refractivity contribution in [2.45, 2.75) is 31.2 Å². The highest BCUT2D eigenvalue weighted by Crippen LogP contribution is 2.34. The third kappa shape index (κ3) is 3.43. The maximum atomic E-state index is 10.9. The molecule has 0 fully saturated rings. The van der Waals surface area contributed by atoms with Crippen molar-refractivity contribution in [3.05, 3.63) is 23.8 Å². The van der Waals surface area contributed by atoms with E-state index in [4.69, 9.17) is 5.11 Å². The van der Waals surface area contributed by atoms with Gasteiger partial charge < -0.3 is 20.4 Å². The summed E-state index contributed by atoms with van der Waals surface area (Å²) in [4.78, 5) is 11.3. The second-order valence-electron chi connectivity index (χ2n) is 4.84. The van der Waals surface area contributed by atoms with Crippen LogP contribution in [0, 0.1) is 0 Å². The molecule has 20 heavy (non-hydrogen) atoms. The Morgan fingerprint density at radius 2 is 1.85 bits per heavy atom. The van der Waals surface area contributed by atoms with Gasteiger partial charge in [-0.3, -0.25) is 4.48 Å². The number of aliphatic hydroxyl groups is 2. The van der Waals surface area contributed by atoms with Crippen molar-refractivity contribution >= 4 is 17.7 Å². The number of carbonyl (C=O) groups is 1. The minimum absolute atomic E-state index is 0.0403. The number of nitrogens with zero attached hydrogens (tertiary/aromatic N) is 1. The second kappa shape index (κ2) is 6.45. The molecule has 0 saturated heterocycles. The topological polar surface area (TPSA) is 98.0 Å². The van der Waals surface area contributed by atoms with Crippen LogP contribution in [0.15, 0.2) is 23.1 Å². The molecule has 0 aromatic heterocycles. The average Bonchev–Trinajstić information content (AvgIpc) is 2.36. The molecule has 1 rings (SSSR count). The van der Waals surface area contributed by atoms with Gasteiger partial charge in [-0.15, -0.1) is 0 Å². The first-order valence-corrected chi connectivity index (χ1v) is 7.07. The number of thioether (sulfide) groups is 1. The summed E-state index contributed by atoms with van der Waals surface area (Å²) in [5, 5.41) is 38.4. The van der Waals surface area contributed by atoms with E-state index in [1.807, 2.05) is 0 Å². The summed E-state index contributed by atoms with van der Waals surface area (Å²) < 4.78 is -0.0403. The van der Waals surface area contributed by atoms with Crippen LogP contribution >= 0.6 is 11.8 Å². The van der Waals surface area contributed by atoms with Crippen LogP contribution in [0.3, 0.4) is 0 Å². The summed E-state index contributed by atoms with van der Waals surface area (Å²) in [7, 11) is 1.68. The average molecular weight is 302 g/mol. The van der Waals surface area contributed by atoms with Gasteiger partial charge in [0.25, 0.3) is 0 Å². The van der Waals surface area contributed by atoms with Gasteiger partial charge in [-0.05, 0) is 12.1 Å². The van der Waals surface area contributed by atoms with Crippen LogP contribution in [-0.2, 0) is 0 Å². The van der Waals surface area contributed by atoms with Crippen LogP contribution in [-0.4, -0.2) is 56.3 Å². The van der Waals surface area contributed by atoms with Crippen molar-refractivity contribution in [3.8, 4) is 5.75 Å². The Morgan fingerprint density at radius 3 is 2.30 bits per heavy atom. The van der Waals surface area contributed by atoms with E-state index in [0.29, 0.717) is 4.90 Å². The molecular weight excluding hydrogens is 282 g/mol. The molecule has 1 aromatic carbocycles. The molecule has 0 aliphatic heterocycles. The van der Waals surface area contributed by atoms with Gasteiger partial charge in [0.05, 0.1) is 11.9 Å². The first-order chi connectivity index (χ1) is 9.20. The number of para-hydroxylation sites is 1. The Kier molecular flexibility index (Phi) is 5.41. The third-order valence-corrected chi connectivity index (χ3v) is 4.76. The number of carboxylic acid groups (broad SMARTS) is 1. The molecule has 0 spiro atoms. The third-order valence-electron chi connectivity index (χ3n) is 3.43. The zero-order chi connectivity index (χ0) is 15.5. The van der Waals surface area contributed by atoms with E-state index < -0.39 is 18.4 Å². The van der Waals surface area contributed by atoms with E-state index in [2.05, 4.69) is 0 Å². The van der Waals surface area contributed by atoms with E-state index in [9.17, 15) is 20.1 Å². The lowest BCUT2D eigenvalue weighted by Gasteiger charge is -2.39. The Hall–Kier alpha value is -1.28. The molecular formula is C13H20NO5S+. The Balaban J connectivity index is 2.95. The van der Waals surface area contributed by atoms with Crippen molar-refractivity contribution in [2.24, 2.45) is 0 Å². The molecule has 0 amide bonds. The van der Waals surface area contributed by atoms with E-state index in [1.165, 1.54) is 17.8 Å². The first kappa shape index (κ1) is 16.8. The molecule has 0 aliphatic carbocycles. The van der Waals surface area contributed by atoms with Crippen molar-refractivity contribution in [2.75, 3.05) is 12.9 Å². The predicted molar refractivity (Wildman–Crippen MR) is 75.3 cm³/mol. The second-order valence-corrected chi connectivity index (χ2v) is 5.83. The summed E-state index contributed by atoms with van der Waals surface area (Å²) >= 11 is 1.18. The van der Waals surface area contributed by atoms with Crippen molar-refractivity contribution in [3.63, 3.8) is 0 Å². The largest absolute Gasteiger partial charge is 0.506 e. The quantitative estimate of drug-likeness (QED) is 0.359. The molecule has 112 valence electrons. The normalized spacial score (nSPS) is 17.2. The van der Waals surface area contributed by atoms with E-state index >= 15 is 0 Å². The summed E-state index contributed by atoms with van der Waals surface area (Å²) in [6.07, 6.45) is -1.60. The highest BCUT2D eigenvalue weighted by atomic mass is 32.2. The molecule has 0 heterocycles. The number of benzene rings is 1. The molecule has 4 N–H and O–H groups in total.